The van der Waals surface area contributed by atoms with Gasteiger partial charge in [-0.25, -0.2) is 0 Å². The van der Waals surface area contributed by atoms with Crippen molar-refractivity contribution in [2.24, 2.45) is 0 Å². The van der Waals surface area contributed by atoms with E-state index in [2.05, 4.69) is 0 Å². The summed E-state index contributed by atoms with van der Waals surface area (Å²) < 4.78 is 0. The van der Waals surface area contributed by atoms with Crippen LogP contribution in [0.25, 0.3) is 0 Å². The predicted octanol–water partition coefficient (Wildman–Crippen LogP) is -4.73. The molecule has 0 fully saturated rings. The van der Waals surface area contributed by atoms with Gasteiger partial charge >= 0.3 is 117 Å². The van der Waals surface area contributed by atoms with E-state index in [1.54, 1.807) is 0 Å². The van der Waals surface area contributed by atoms with Crippen molar-refractivity contribution in [2.45, 2.75) is 0 Å². The molecule has 0 spiro atoms. The fraction of sp³-hybridized carbons (Fsp3) is 0. The zero-order chi connectivity index (χ0) is 0. The van der Waals surface area contributed by atoms with Crippen molar-refractivity contribution >= 4 is 66.1 Å². The third kappa shape index (κ3) is 86.0. The molecule has 0 saturated heterocycles. The monoisotopic (exact) mass is 214 g/mol. The van der Waals surface area contributed by atoms with Crippen LogP contribution in [-0.2, 0) is 27.4 Å². The van der Waals surface area contributed by atoms with Gasteiger partial charge in [-0.15, -0.1) is 0 Å². The van der Waals surface area contributed by atoms with Crippen LogP contribution >= 0.6 is 0 Å². The summed E-state index contributed by atoms with van der Waals surface area (Å²) in [5.41, 5.74) is 0. The summed E-state index contributed by atoms with van der Waals surface area (Å²) in [6.45, 7) is 0. The van der Waals surface area contributed by atoms with E-state index in [1.807, 2.05) is 0 Å². The van der Waals surface area contributed by atoms with Crippen LogP contribution in [0.3, 0.4) is 0 Å². The third-order valence-corrected chi connectivity index (χ3v) is 0. The minimum Gasteiger partial charge on any atom is -2.00 e. The minimum atomic E-state index is 0. The van der Waals surface area contributed by atoms with Crippen molar-refractivity contribution in [1.29, 1.82) is 0 Å². The maximum absolute atomic E-state index is 0. The second-order valence-corrected chi connectivity index (χ2v) is 0. The SMILES string of the molecule is [Al+3].[Ca+2].[K+].[O-2].[O-2].[O-2].[O-2].[O-2].[Si+4]. The third-order valence-electron chi connectivity index (χ3n) is 0. The Labute approximate surface area is 141 Å². The smallest absolute Gasteiger partial charge is 2.00 e. The number of hydrogen-bond donors (Lipinski definition) is 0. The summed E-state index contributed by atoms with van der Waals surface area (Å²) in [6, 6.07) is 0. The van der Waals surface area contributed by atoms with Gasteiger partial charge in [-0.1, -0.05) is 0 Å². The van der Waals surface area contributed by atoms with Crippen LogP contribution in [0.1, 0.15) is 0 Å². The molecule has 0 aliphatic carbocycles. The van der Waals surface area contributed by atoms with Gasteiger partial charge in [-0.3, -0.25) is 0 Å². The summed E-state index contributed by atoms with van der Waals surface area (Å²) in [4.78, 5) is 0. The van der Waals surface area contributed by atoms with Crippen molar-refractivity contribution < 1.29 is 78.8 Å². The number of rotatable bonds is 0. The van der Waals surface area contributed by atoms with Gasteiger partial charge in [-0.05, 0) is 0 Å². The van der Waals surface area contributed by atoms with E-state index < -0.39 is 0 Å². The number of hydrogen-bond acceptors (Lipinski definition) is 0. The first-order valence-electron chi connectivity index (χ1n) is 0. The summed E-state index contributed by atoms with van der Waals surface area (Å²) in [6.07, 6.45) is 0. The maximum atomic E-state index is 0. The van der Waals surface area contributed by atoms with Crippen LogP contribution in [0.5, 0.6) is 0 Å². The van der Waals surface area contributed by atoms with Crippen molar-refractivity contribution in [3.05, 3.63) is 0 Å². The molecule has 0 rings (SSSR count). The molecule has 0 amide bonds. The zero-order valence-electron chi connectivity index (χ0n) is 4.83. The average molecular weight is 214 g/mol. The fourth-order valence-corrected chi connectivity index (χ4v) is 0. The molecule has 40 valence electrons. The Kier molecular flexibility index (Phi) is 1610. The van der Waals surface area contributed by atoms with Gasteiger partial charge in [0.25, 0.3) is 0 Å². The van der Waals surface area contributed by atoms with E-state index in [1.165, 1.54) is 0 Å². The van der Waals surface area contributed by atoms with Crippen molar-refractivity contribution in [2.75, 3.05) is 0 Å². The van der Waals surface area contributed by atoms with E-state index >= 15 is 0 Å². The fourth-order valence-electron chi connectivity index (χ4n) is 0. The maximum Gasteiger partial charge on any atom is 4.00 e. The molecular weight excluding hydrogens is 214 g/mol. The molecule has 0 aliphatic rings. The van der Waals surface area contributed by atoms with Gasteiger partial charge in [0.1, 0.15) is 0 Å². The largest absolute Gasteiger partial charge is 4.00 e. The molecule has 0 heterocycles. The Hall–Kier alpha value is 3.45. The second kappa shape index (κ2) is 105. The van der Waals surface area contributed by atoms with E-state index in [0.717, 1.165) is 0 Å². The Balaban J connectivity index is 0. The average Bonchev–Trinajstić information content (AvgIpc) is 0. The first-order valence-corrected chi connectivity index (χ1v) is 0. The van der Waals surface area contributed by atoms with E-state index in [-0.39, 0.29) is 145 Å². The quantitative estimate of drug-likeness (QED) is 0.357. The van der Waals surface area contributed by atoms with Crippen LogP contribution in [-0.4, -0.2) is 66.1 Å². The van der Waals surface area contributed by atoms with E-state index in [4.69, 9.17) is 0 Å². The molecular formula is AlCaKO5Si. The molecule has 0 aromatic carbocycles. The van der Waals surface area contributed by atoms with Crippen molar-refractivity contribution in [3.63, 3.8) is 0 Å². The normalized spacial score (nSPS) is 0. The minimum absolute atomic E-state index is 0. The second-order valence-electron chi connectivity index (χ2n) is 0. The van der Waals surface area contributed by atoms with Crippen LogP contribution < -0.4 is 51.4 Å². The zero-order valence-corrected chi connectivity index (χ0v) is 12.3. The van der Waals surface area contributed by atoms with Crippen LogP contribution in [0, 0.1) is 0 Å². The van der Waals surface area contributed by atoms with Gasteiger partial charge in [0.2, 0.25) is 0 Å². The molecule has 5 nitrogen and oxygen atoms in total. The van der Waals surface area contributed by atoms with Gasteiger partial charge in [-0.2, -0.15) is 0 Å². The van der Waals surface area contributed by atoms with Crippen LogP contribution in [0.2, 0.25) is 0 Å². The molecule has 9 heavy (non-hydrogen) atoms. The molecule has 0 radical (unpaired) electrons. The topological polar surface area (TPSA) is 142 Å². The van der Waals surface area contributed by atoms with Crippen LogP contribution in [0.15, 0.2) is 0 Å². The predicted molar refractivity (Wildman–Crippen MR) is 20.7 cm³/mol. The molecule has 0 N–H and O–H groups in total. The summed E-state index contributed by atoms with van der Waals surface area (Å²) in [5.74, 6) is 0. The van der Waals surface area contributed by atoms with Crippen molar-refractivity contribution in [3.8, 4) is 0 Å². The van der Waals surface area contributed by atoms with Gasteiger partial charge in [0.05, 0.1) is 0 Å². The first-order chi connectivity index (χ1) is 0. The van der Waals surface area contributed by atoms with Gasteiger partial charge in [0, 0.05) is 0 Å². The Morgan fingerprint density at radius 3 is 0.556 bits per heavy atom. The van der Waals surface area contributed by atoms with Crippen molar-refractivity contribution in [1.82, 2.24) is 0 Å². The molecule has 0 aromatic heterocycles. The molecule has 0 aliphatic heterocycles. The van der Waals surface area contributed by atoms with Crippen LogP contribution in [0.4, 0.5) is 0 Å². The molecule has 0 atom stereocenters. The van der Waals surface area contributed by atoms with E-state index in [9.17, 15) is 0 Å². The first kappa shape index (κ1) is 137. The molecule has 9 heteroatoms. The molecule has 0 unspecified atom stereocenters. The Morgan fingerprint density at radius 2 is 0.556 bits per heavy atom. The molecule has 0 aromatic rings. The standard InChI is InChI=1S/Al.Ca.K.5O.Si/q+3;+2;+1;5*-2;+4. The Bertz CT molecular complexity index is 16.9. The molecule has 0 bridgehead atoms. The van der Waals surface area contributed by atoms with Gasteiger partial charge < -0.3 is 27.4 Å². The van der Waals surface area contributed by atoms with E-state index in [0.29, 0.717) is 0 Å². The summed E-state index contributed by atoms with van der Waals surface area (Å²) >= 11 is 0. The molecule has 0 saturated carbocycles. The Morgan fingerprint density at radius 1 is 0.556 bits per heavy atom. The summed E-state index contributed by atoms with van der Waals surface area (Å²) in [7, 11) is 0. The van der Waals surface area contributed by atoms with Gasteiger partial charge in [0.15, 0.2) is 0 Å². The summed E-state index contributed by atoms with van der Waals surface area (Å²) in [5, 5.41) is 0.